The van der Waals surface area contributed by atoms with Gasteiger partial charge in [0.25, 0.3) is 0 Å². The quantitative estimate of drug-likeness (QED) is 0.637. The minimum absolute atomic E-state index is 0.631. The van der Waals surface area contributed by atoms with Crippen molar-refractivity contribution < 1.29 is 14.2 Å². The van der Waals surface area contributed by atoms with Gasteiger partial charge in [-0.25, -0.2) is 9.98 Å². The van der Waals surface area contributed by atoms with Crippen LogP contribution in [0.2, 0.25) is 0 Å². The number of aliphatic imine (C=N–C) groups is 2. The van der Waals surface area contributed by atoms with Crippen LogP contribution in [-0.2, 0) is 9.47 Å². The molecule has 0 aromatic heterocycles. The van der Waals surface area contributed by atoms with E-state index in [1.165, 1.54) is 12.8 Å². The van der Waals surface area contributed by atoms with E-state index in [4.69, 9.17) is 19.2 Å². The van der Waals surface area contributed by atoms with Gasteiger partial charge in [-0.2, -0.15) is 0 Å². The Hall–Kier alpha value is -2.00. The number of methoxy groups -OCH3 is 1. The fourth-order valence-corrected chi connectivity index (χ4v) is 4.76. The maximum absolute atomic E-state index is 6.58. The van der Waals surface area contributed by atoms with E-state index < -0.39 is 5.85 Å². The van der Waals surface area contributed by atoms with Crippen LogP contribution in [0, 0.1) is 0 Å². The molecule has 1 aromatic carbocycles. The molecule has 0 bridgehead atoms. The van der Waals surface area contributed by atoms with E-state index in [1.54, 1.807) is 7.11 Å². The van der Waals surface area contributed by atoms with Gasteiger partial charge in [0.05, 0.1) is 39.8 Å². The standard InChI is InChI=1S/C22H31N5O3/c1-28-19-7-4-6-18-20(19)23-17-26-16-22(24-21(18)26,27-9-2-3-10-27)30-13-5-8-25-11-14-29-15-12-25/h4,6-7,17H,2-3,5,8-16H2,1H3. The molecule has 162 valence electrons. The van der Waals surface area contributed by atoms with Crippen molar-refractivity contribution in [3.63, 3.8) is 0 Å². The highest BCUT2D eigenvalue weighted by Crippen LogP contribution is 2.39. The van der Waals surface area contributed by atoms with Crippen molar-refractivity contribution in [2.45, 2.75) is 25.1 Å². The van der Waals surface area contributed by atoms with E-state index in [0.717, 1.165) is 75.2 Å². The average molecular weight is 414 g/mol. The van der Waals surface area contributed by atoms with E-state index in [1.807, 2.05) is 18.5 Å². The summed E-state index contributed by atoms with van der Waals surface area (Å²) in [6, 6.07) is 6.01. The molecule has 30 heavy (non-hydrogen) atoms. The molecule has 0 N–H and O–H groups in total. The summed E-state index contributed by atoms with van der Waals surface area (Å²) in [7, 11) is 1.68. The summed E-state index contributed by atoms with van der Waals surface area (Å²) in [4.78, 5) is 16.8. The molecule has 8 nitrogen and oxygen atoms in total. The summed E-state index contributed by atoms with van der Waals surface area (Å²) in [6.45, 7) is 8.17. The Morgan fingerprint density at radius 1 is 1.13 bits per heavy atom. The SMILES string of the molecule is COc1cccc2c1N=CN1CC(OCCCN3CCOCC3)(N3CCCC3)N=C21. The van der Waals surface area contributed by atoms with Crippen molar-refractivity contribution in [3.05, 3.63) is 23.8 Å². The molecule has 4 heterocycles. The molecule has 5 rings (SSSR count). The Morgan fingerprint density at radius 2 is 1.97 bits per heavy atom. The summed E-state index contributed by atoms with van der Waals surface area (Å²) in [5, 5.41) is 0. The lowest BCUT2D eigenvalue weighted by atomic mass is 10.1. The van der Waals surface area contributed by atoms with Crippen molar-refractivity contribution in [3.8, 4) is 5.75 Å². The summed E-state index contributed by atoms with van der Waals surface area (Å²) in [6.07, 6.45) is 5.27. The van der Waals surface area contributed by atoms with Crippen molar-refractivity contribution in [1.82, 2.24) is 14.7 Å². The Bertz CT molecular complexity index is 817. The zero-order chi connectivity index (χ0) is 20.4. The third-order valence-corrected chi connectivity index (χ3v) is 6.37. The van der Waals surface area contributed by atoms with Crippen LogP contribution in [0.5, 0.6) is 5.75 Å². The molecular weight excluding hydrogens is 382 g/mol. The molecule has 0 radical (unpaired) electrons. The van der Waals surface area contributed by atoms with E-state index >= 15 is 0 Å². The molecule has 0 amide bonds. The Labute approximate surface area is 178 Å². The molecule has 0 spiro atoms. The Morgan fingerprint density at radius 3 is 2.77 bits per heavy atom. The van der Waals surface area contributed by atoms with Crippen molar-refractivity contribution in [1.29, 1.82) is 0 Å². The van der Waals surface area contributed by atoms with Gasteiger partial charge >= 0.3 is 0 Å². The Kier molecular flexibility index (Phi) is 5.73. The van der Waals surface area contributed by atoms with E-state index in [-0.39, 0.29) is 0 Å². The number of rotatable bonds is 7. The van der Waals surface area contributed by atoms with Crippen LogP contribution < -0.4 is 4.74 Å². The number of benzene rings is 1. The number of para-hydroxylation sites is 1. The number of likely N-dealkylation sites (tertiary alicyclic amines) is 1. The lowest BCUT2D eigenvalue weighted by Crippen LogP contribution is -2.52. The number of nitrogens with zero attached hydrogens (tertiary/aromatic N) is 5. The van der Waals surface area contributed by atoms with Gasteiger partial charge in [-0.3, -0.25) is 9.80 Å². The molecule has 1 unspecified atom stereocenters. The average Bonchev–Trinajstić information content (AvgIpc) is 3.46. The number of hydrogen-bond acceptors (Lipinski definition) is 8. The summed E-state index contributed by atoms with van der Waals surface area (Å²) < 4.78 is 17.5. The monoisotopic (exact) mass is 413 g/mol. The number of ether oxygens (including phenoxy) is 3. The first-order valence-corrected chi connectivity index (χ1v) is 11.1. The first-order valence-electron chi connectivity index (χ1n) is 11.1. The van der Waals surface area contributed by atoms with Gasteiger partial charge in [-0.05, 0) is 31.4 Å². The molecule has 1 atom stereocenters. The van der Waals surface area contributed by atoms with Gasteiger partial charge in [0.15, 0.2) is 0 Å². The highest BCUT2D eigenvalue weighted by atomic mass is 16.5. The lowest BCUT2D eigenvalue weighted by Gasteiger charge is -2.36. The van der Waals surface area contributed by atoms with Crippen LogP contribution in [-0.4, -0.2) is 98.9 Å². The van der Waals surface area contributed by atoms with E-state index in [9.17, 15) is 0 Å². The first-order chi connectivity index (χ1) is 14.8. The predicted molar refractivity (Wildman–Crippen MR) is 116 cm³/mol. The lowest BCUT2D eigenvalue weighted by molar-refractivity contribution is -0.139. The van der Waals surface area contributed by atoms with Gasteiger partial charge in [0.2, 0.25) is 5.85 Å². The van der Waals surface area contributed by atoms with Gasteiger partial charge < -0.3 is 19.1 Å². The van der Waals surface area contributed by atoms with Crippen molar-refractivity contribution in [2.75, 3.05) is 66.2 Å². The van der Waals surface area contributed by atoms with E-state index in [2.05, 4.69) is 25.8 Å². The van der Waals surface area contributed by atoms with Crippen LogP contribution in [0.25, 0.3) is 0 Å². The maximum Gasteiger partial charge on any atom is 0.238 e. The second-order valence-corrected chi connectivity index (χ2v) is 8.26. The number of hydrogen-bond donors (Lipinski definition) is 0. The van der Waals surface area contributed by atoms with Gasteiger partial charge in [0, 0.05) is 38.3 Å². The molecule has 2 fully saturated rings. The maximum atomic E-state index is 6.58. The van der Waals surface area contributed by atoms with Gasteiger partial charge in [-0.15, -0.1) is 0 Å². The molecular formula is C22H31N5O3. The fraction of sp³-hybridized carbons (Fsp3) is 0.636. The van der Waals surface area contributed by atoms with E-state index in [0.29, 0.717) is 13.2 Å². The number of fused-ring (bicyclic) bond motifs is 3. The zero-order valence-electron chi connectivity index (χ0n) is 17.8. The van der Waals surface area contributed by atoms with Crippen LogP contribution in [0.3, 0.4) is 0 Å². The zero-order valence-corrected chi connectivity index (χ0v) is 17.8. The van der Waals surface area contributed by atoms with Gasteiger partial charge in [-0.1, -0.05) is 6.07 Å². The summed E-state index contributed by atoms with van der Waals surface area (Å²) in [5.41, 5.74) is 1.86. The molecule has 4 aliphatic rings. The normalized spacial score (nSPS) is 26.6. The molecule has 0 saturated carbocycles. The molecule has 4 aliphatic heterocycles. The third-order valence-electron chi connectivity index (χ3n) is 6.37. The minimum atomic E-state index is -0.631. The summed E-state index contributed by atoms with van der Waals surface area (Å²) >= 11 is 0. The second kappa shape index (κ2) is 8.63. The highest BCUT2D eigenvalue weighted by Gasteiger charge is 2.47. The molecule has 1 aromatic rings. The van der Waals surface area contributed by atoms with Gasteiger partial charge in [0.1, 0.15) is 17.3 Å². The smallest absolute Gasteiger partial charge is 0.238 e. The summed E-state index contributed by atoms with van der Waals surface area (Å²) in [5.74, 6) is 1.07. The second-order valence-electron chi connectivity index (χ2n) is 8.26. The van der Waals surface area contributed by atoms with Crippen LogP contribution >= 0.6 is 0 Å². The molecule has 0 aliphatic carbocycles. The van der Waals surface area contributed by atoms with Crippen LogP contribution in [0.15, 0.2) is 28.2 Å². The molecule has 8 heteroatoms. The first kappa shape index (κ1) is 19.9. The molecule has 2 saturated heterocycles. The highest BCUT2D eigenvalue weighted by molar-refractivity contribution is 6.12. The number of morpholine rings is 1. The van der Waals surface area contributed by atoms with Crippen molar-refractivity contribution >= 4 is 17.9 Å². The topological polar surface area (TPSA) is 62.1 Å². The van der Waals surface area contributed by atoms with Crippen molar-refractivity contribution in [2.24, 2.45) is 9.98 Å². The fourth-order valence-electron chi connectivity index (χ4n) is 4.76. The Balaban J connectivity index is 1.34. The largest absolute Gasteiger partial charge is 0.494 e. The van der Waals surface area contributed by atoms with Crippen LogP contribution in [0.4, 0.5) is 5.69 Å². The van der Waals surface area contributed by atoms with Crippen LogP contribution in [0.1, 0.15) is 24.8 Å². The number of amidine groups is 1. The third kappa shape index (κ3) is 3.73. The predicted octanol–water partition coefficient (Wildman–Crippen LogP) is 1.92. The minimum Gasteiger partial charge on any atom is -0.494 e.